The maximum Gasteiger partial charge on any atom is 0.329 e. The monoisotopic (exact) mass is 383 g/mol. The number of nitrogens with zero attached hydrogens (tertiary/aromatic N) is 4. The summed E-state index contributed by atoms with van der Waals surface area (Å²) in [6.07, 6.45) is 2.25. The lowest BCUT2D eigenvalue weighted by atomic mass is 10.1. The molecule has 0 saturated carbocycles. The van der Waals surface area contributed by atoms with Crippen molar-refractivity contribution in [1.82, 2.24) is 24.0 Å². The van der Waals surface area contributed by atoms with Crippen LogP contribution in [0.15, 0.2) is 33.9 Å². The van der Waals surface area contributed by atoms with E-state index in [1.54, 1.807) is 7.05 Å². The van der Waals surface area contributed by atoms with Gasteiger partial charge >= 0.3 is 5.69 Å². The number of aryl methyl sites for hydroxylation is 2. The summed E-state index contributed by atoms with van der Waals surface area (Å²) in [5.74, 6) is 0.806. The summed E-state index contributed by atoms with van der Waals surface area (Å²) >= 11 is 0. The van der Waals surface area contributed by atoms with Crippen molar-refractivity contribution in [2.45, 2.75) is 46.7 Å². The van der Waals surface area contributed by atoms with Crippen molar-refractivity contribution >= 4 is 11.2 Å². The van der Waals surface area contributed by atoms with Crippen LogP contribution >= 0.6 is 0 Å². The summed E-state index contributed by atoms with van der Waals surface area (Å²) in [7, 11) is 1.64. The zero-order chi connectivity index (χ0) is 20.3. The number of fused-ring (bicyclic) bond motifs is 1. The largest absolute Gasteiger partial charge is 0.329 e. The standard InChI is InChI=1S/C21H29N5O2/c1-5-7-12-25(6-2)14-17-22-19-18(20(27)23-21(28)24(19)4)26(17)13-16-10-8-15(3)9-11-16/h8-11H,5-7,12-14H2,1-4H3,(H,23,27,28). The number of H-pyrrole nitrogens is 1. The Morgan fingerprint density at radius 2 is 1.86 bits per heavy atom. The van der Waals surface area contributed by atoms with E-state index in [0.29, 0.717) is 24.3 Å². The van der Waals surface area contributed by atoms with Crippen molar-refractivity contribution in [3.63, 3.8) is 0 Å². The molecular formula is C21H29N5O2. The van der Waals surface area contributed by atoms with Gasteiger partial charge in [-0.2, -0.15) is 0 Å². The minimum atomic E-state index is -0.442. The molecule has 3 rings (SSSR count). The predicted octanol–water partition coefficient (Wildman–Crippen LogP) is 2.40. The van der Waals surface area contributed by atoms with Crippen LogP contribution in [0.4, 0.5) is 0 Å². The molecule has 0 aliphatic rings. The fourth-order valence-electron chi connectivity index (χ4n) is 3.38. The van der Waals surface area contributed by atoms with Crippen molar-refractivity contribution in [2.75, 3.05) is 13.1 Å². The van der Waals surface area contributed by atoms with Crippen LogP contribution in [0.25, 0.3) is 11.2 Å². The van der Waals surface area contributed by atoms with Gasteiger partial charge in [-0.05, 0) is 32.0 Å². The van der Waals surface area contributed by atoms with Crippen LogP contribution in [-0.2, 0) is 20.1 Å². The lowest BCUT2D eigenvalue weighted by molar-refractivity contribution is 0.265. The molecule has 0 bridgehead atoms. The van der Waals surface area contributed by atoms with E-state index in [9.17, 15) is 9.59 Å². The molecule has 150 valence electrons. The Balaban J connectivity index is 2.11. The predicted molar refractivity (Wildman–Crippen MR) is 112 cm³/mol. The third-order valence-electron chi connectivity index (χ3n) is 5.19. The Labute approximate surface area is 164 Å². The van der Waals surface area contributed by atoms with Crippen LogP contribution in [0.1, 0.15) is 43.6 Å². The van der Waals surface area contributed by atoms with Gasteiger partial charge in [-0.15, -0.1) is 0 Å². The molecule has 7 nitrogen and oxygen atoms in total. The maximum atomic E-state index is 12.6. The van der Waals surface area contributed by atoms with E-state index in [0.717, 1.165) is 37.3 Å². The number of aromatic nitrogens is 4. The van der Waals surface area contributed by atoms with Crippen molar-refractivity contribution in [3.8, 4) is 0 Å². The van der Waals surface area contributed by atoms with Crippen LogP contribution in [0.2, 0.25) is 0 Å². The van der Waals surface area contributed by atoms with E-state index < -0.39 is 5.69 Å². The van der Waals surface area contributed by atoms with Gasteiger partial charge in [0.2, 0.25) is 0 Å². The first-order valence-corrected chi connectivity index (χ1v) is 9.90. The summed E-state index contributed by atoms with van der Waals surface area (Å²) in [6, 6.07) is 8.26. The number of aromatic amines is 1. The quantitative estimate of drug-likeness (QED) is 0.648. The fourth-order valence-corrected chi connectivity index (χ4v) is 3.38. The smallest absolute Gasteiger partial charge is 0.317 e. The van der Waals surface area contributed by atoms with Crippen LogP contribution in [-0.4, -0.2) is 37.1 Å². The van der Waals surface area contributed by atoms with Crippen molar-refractivity contribution in [3.05, 3.63) is 62.1 Å². The highest BCUT2D eigenvalue weighted by Crippen LogP contribution is 2.16. The van der Waals surface area contributed by atoms with Crippen LogP contribution in [0.5, 0.6) is 0 Å². The minimum absolute atomic E-state index is 0.388. The average molecular weight is 383 g/mol. The summed E-state index contributed by atoms with van der Waals surface area (Å²) < 4.78 is 3.36. The number of hydrogen-bond donors (Lipinski definition) is 1. The van der Waals surface area contributed by atoms with Crippen molar-refractivity contribution < 1.29 is 0 Å². The summed E-state index contributed by atoms with van der Waals surface area (Å²) in [6.45, 7) is 9.43. The average Bonchev–Trinajstić information content (AvgIpc) is 3.03. The van der Waals surface area contributed by atoms with Gasteiger partial charge in [0, 0.05) is 13.6 Å². The summed E-state index contributed by atoms with van der Waals surface area (Å²) in [5, 5.41) is 0. The van der Waals surface area contributed by atoms with Crippen LogP contribution < -0.4 is 11.2 Å². The van der Waals surface area contributed by atoms with Gasteiger partial charge in [0.15, 0.2) is 11.2 Å². The highest BCUT2D eigenvalue weighted by Gasteiger charge is 2.19. The van der Waals surface area contributed by atoms with Crippen molar-refractivity contribution in [1.29, 1.82) is 0 Å². The van der Waals surface area contributed by atoms with Gasteiger partial charge in [0.1, 0.15) is 5.82 Å². The number of hydrogen-bond acceptors (Lipinski definition) is 4. The zero-order valence-corrected chi connectivity index (χ0v) is 17.2. The molecule has 2 aromatic heterocycles. The summed E-state index contributed by atoms with van der Waals surface area (Å²) in [4.78, 5) is 34.1. The Bertz CT molecular complexity index is 1060. The molecule has 2 heterocycles. The van der Waals surface area contributed by atoms with Gasteiger partial charge in [-0.25, -0.2) is 9.78 Å². The number of nitrogens with one attached hydrogen (secondary N) is 1. The molecule has 0 unspecified atom stereocenters. The molecule has 7 heteroatoms. The van der Waals surface area contributed by atoms with Gasteiger partial charge in [-0.1, -0.05) is 50.1 Å². The Hall–Kier alpha value is -2.67. The van der Waals surface area contributed by atoms with Gasteiger partial charge in [0.25, 0.3) is 5.56 Å². The van der Waals surface area contributed by atoms with Crippen LogP contribution in [0, 0.1) is 6.92 Å². The topological polar surface area (TPSA) is 75.9 Å². The van der Waals surface area contributed by atoms with E-state index in [2.05, 4.69) is 54.9 Å². The molecule has 0 fully saturated rings. The Kier molecular flexibility index (Phi) is 6.14. The molecule has 0 atom stereocenters. The zero-order valence-electron chi connectivity index (χ0n) is 17.2. The highest BCUT2D eigenvalue weighted by atomic mass is 16.2. The fraction of sp³-hybridized carbons (Fsp3) is 0.476. The molecule has 0 saturated heterocycles. The van der Waals surface area contributed by atoms with E-state index in [-0.39, 0.29) is 5.56 Å². The third-order valence-corrected chi connectivity index (χ3v) is 5.19. The second-order valence-electron chi connectivity index (χ2n) is 7.31. The first-order chi connectivity index (χ1) is 13.4. The third kappa shape index (κ3) is 4.09. The van der Waals surface area contributed by atoms with Crippen molar-refractivity contribution in [2.24, 2.45) is 7.05 Å². The minimum Gasteiger partial charge on any atom is -0.317 e. The van der Waals surface area contributed by atoms with Crippen LogP contribution in [0.3, 0.4) is 0 Å². The SMILES string of the molecule is CCCCN(CC)Cc1nc2c(c(=O)[nH]c(=O)n2C)n1Cc1ccc(C)cc1. The van der Waals surface area contributed by atoms with Gasteiger partial charge < -0.3 is 4.57 Å². The summed E-state index contributed by atoms with van der Waals surface area (Å²) in [5.41, 5.74) is 2.34. The number of benzene rings is 1. The number of rotatable bonds is 8. The molecule has 3 aromatic rings. The molecular weight excluding hydrogens is 354 g/mol. The Morgan fingerprint density at radius 3 is 2.50 bits per heavy atom. The highest BCUT2D eigenvalue weighted by molar-refractivity contribution is 5.71. The lowest BCUT2D eigenvalue weighted by Crippen LogP contribution is -2.29. The van der Waals surface area contributed by atoms with E-state index in [1.165, 1.54) is 10.1 Å². The molecule has 0 amide bonds. The molecule has 0 aliphatic heterocycles. The van der Waals surface area contributed by atoms with E-state index in [4.69, 9.17) is 4.98 Å². The normalized spacial score (nSPS) is 11.6. The molecule has 1 N–H and O–H groups in total. The van der Waals surface area contributed by atoms with E-state index in [1.807, 2.05) is 4.57 Å². The Morgan fingerprint density at radius 1 is 1.14 bits per heavy atom. The first-order valence-electron chi connectivity index (χ1n) is 9.90. The lowest BCUT2D eigenvalue weighted by Gasteiger charge is -2.20. The van der Waals surface area contributed by atoms with E-state index >= 15 is 0 Å². The second-order valence-corrected chi connectivity index (χ2v) is 7.31. The second kappa shape index (κ2) is 8.56. The van der Waals surface area contributed by atoms with Gasteiger partial charge in [-0.3, -0.25) is 19.2 Å². The molecule has 0 radical (unpaired) electrons. The van der Waals surface area contributed by atoms with Gasteiger partial charge in [0.05, 0.1) is 6.54 Å². The maximum absolute atomic E-state index is 12.6. The first kappa shape index (κ1) is 20.1. The molecule has 0 aliphatic carbocycles. The molecule has 1 aromatic carbocycles. The number of imidazole rings is 1. The molecule has 28 heavy (non-hydrogen) atoms. The molecule has 0 spiro atoms. The number of unbranched alkanes of at least 4 members (excludes halogenated alkanes) is 1.